The van der Waals surface area contributed by atoms with E-state index in [4.69, 9.17) is 28.9 Å². The van der Waals surface area contributed by atoms with Crippen LogP contribution in [0.15, 0.2) is 64.6 Å². The summed E-state index contributed by atoms with van der Waals surface area (Å²) in [5.74, 6) is 4.00. The highest BCUT2D eigenvalue weighted by Gasteiger charge is 2.47. The van der Waals surface area contributed by atoms with E-state index < -0.39 is 17.2 Å². The second-order valence-electron chi connectivity index (χ2n) is 17.5. The van der Waals surface area contributed by atoms with Gasteiger partial charge in [0.2, 0.25) is 11.3 Å². The van der Waals surface area contributed by atoms with Crippen LogP contribution in [0.1, 0.15) is 147 Å². The van der Waals surface area contributed by atoms with Gasteiger partial charge in [-0.15, -0.1) is 0 Å². The molecule has 2 N–H and O–H groups in total. The van der Waals surface area contributed by atoms with E-state index in [1.165, 1.54) is 0 Å². The number of carbonyl (C=O) groups is 4. The summed E-state index contributed by atoms with van der Waals surface area (Å²) in [5, 5.41) is 9.52. The molecule has 1 fully saturated rings. The topological polar surface area (TPSA) is 154 Å². The Morgan fingerprint density at radius 1 is 0.716 bits per heavy atom. The van der Waals surface area contributed by atoms with Gasteiger partial charge in [-0.1, -0.05) is 109 Å². The minimum atomic E-state index is -1.43. The maximum atomic E-state index is 14.4. The lowest BCUT2D eigenvalue weighted by Crippen LogP contribution is -2.46. The van der Waals surface area contributed by atoms with Crippen LogP contribution in [0, 0.1) is 31.0 Å². The number of nitrogens with one attached hydrogen (secondary N) is 2. The molecule has 0 saturated heterocycles. The Morgan fingerprint density at radius 3 is 1.85 bits per heavy atom. The second-order valence-corrected chi connectivity index (χ2v) is 17.5. The van der Waals surface area contributed by atoms with Crippen molar-refractivity contribution < 1.29 is 38.1 Å². The van der Waals surface area contributed by atoms with Gasteiger partial charge in [-0.2, -0.15) is 0 Å². The maximum absolute atomic E-state index is 14.4. The predicted octanol–water partition coefficient (Wildman–Crippen LogP) is 9.05. The fraction of sp³-hybridized carbons (Fsp3) is 0.491. The minimum Gasteiger partial charge on any atom is -0.461 e. The molecule has 3 aliphatic rings. The van der Waals surface area contributed by atoms with E-state index in [0.29, 0.717) is 59.0 Å². The first kappa shape index (κ1) is 50.0. The standard InChI is InChI=1S/C55H66N4O8/c1-7-12-16-24-46(60)66-36-55(37-67-47(61)25-17-13-8-2)58-42(21-11-5)48-38(6)39(26-28-44(48)59-55)50-52(62)51(53(50)63)41-27-29-45-49-40(41)22-20-23-43(49)56-54(57-45,30-34-64-32-18-14-9-3)31-35-65-33-19-15-10-4/h11,20-23,26-29,51,56-57H,7-10,12-19,24-25,32-33,36-37H2,1-6H3. The van der Waals surface area contributed by atoms with Crippen molar-refractivity contribution in [3.05, 3.63) is 81.9 Å². The first-order valence-electron chi connectivity index (χ1n) is 24.3. The lowest BCUT2D eigenvalue weighted by molar-refractivity contribution is -0.150. The SMILES string of the molecule is CC=CC1=NC(COC(=O)CCCCC)(COC(=O)CCCCC)N=c2ccc(=C3C(=O)C(c4ccc5c6c(cccc46)NC(C#COCCCCC)(C#COCCCCC)N5)C3=O)c(C)c21. The van der Waals surface area contributed by atoms with Crippen LogP contribution < -0.4 is 21.2 Å². The van der Waals surface area contributed by atoms with Gasteiger partial charge in [0.05, 0.1) is 16.6 Å². The molecule has 12 heteroatoms. The lowest BCUT2D eigenvalue weighted by atomic mass is 9.70. The van der Waals surface area contributed by atoms with Crippen LogP contribution in [0.5, 0.6) is 0 Å². The number of rotatable bonds is 22. The number of aliphatic imine (C=N–C) groups is 1. The Morgan fingerprint density at radius 2 is 1.28 bits per heavy atom. The van der Waals surface area contributed by atoms with E-state index in [9.17, 15) is 19.2 Å². The van der Waals surface area contributed by atoms with E-state index in [1.54, 1.807) is 12.1 Å². The largest absolute Gasteiger partial charge is 0.461 e. The smallest absolute Gasteiger partial charge is 0.305 e. The molecule has 354 valence electrons. The summed E-state index contributed by atoms with van der Waals surface area (Å²) in [6.07, 6.45) is 21.1. The van der Waals surface area contributed by atoms with Crippen molar-refractivity contribution in [2.75, 3.05) is 37.1 Å². The van der Waals surface area contributed by atoms with Crippen LogP contribution >= 0.6 is 0 Å². The molecular weight excluding hydrogens is 845 g/mol. The molecule has 0 spiro atoms. The van der Waals surface area contributed by atoms with Crippen molar-refractivity contribution in [3.63, 3.8) is 0 Å². The molecule has 0 unspecified atom stereocenters. The third kappa shape index (κ3) is 12.0. The van der Waals surface area contributed by atoms with Gasteiger partial charge in [-0.3, -0.25) is 19.2 Å². The van der Waals surface area contributed by atoms with E-state index in [2.05, 4.69) is 62.4 Å². The molecule has 0 radical (unpaired) electrons. The number of nitrogens with zero attached hydrogens (tertiary/aromatic N) is 2. The Kier molecular flexibility index (Phi) is 17.8. The van der Waals surface area contributed by atoms with Crippen LogP contribution in [0.25, 0.3) is 16.3 Å². The predicted molar refractivity (Wildman–Crippen MR) is 263 cm³/mol. The van der Waals surface area contributed by atoms with Gasteiger partial charge < -0.3 is 29.6 Å². The molecule has 2 heterocycles. The van der Waals surface area contributed by atoms with Crippen LogP contribution in [0.3, 0.4) is 0 Å². The maximum Gasteiger partial charge on any atom is 0.305 e. The van der Waals surface area contributed by atoms with Crippen LogP contribution in [-0.2, 0) is 38.1 Å². The number of Topliss-reactive ketones (excluding diaryl/α,β-unsaturated/α-hetero) is 2. The zero-order valence-electron chi connectivity index (χ0n) is 40.2. The van der Waals surface area contributed by atoms with Crippen molar-refractivity contribution in [1.82, 2.24) is 0 Å². The molecule has 0 bridgehead atoms. The summed E-state index contributed by atoms with van der Waals surface area (Å²) in [7, 11) is 0. The molecule has 3 aromatic rings. The van der Waals surface area contributed by atoms with Crippen LogP contribution in [-0.4, -0.2) is 67.0 Å². The van der Waals surface area contributed by atoms with E-state index in [-0.39, 0.29) is 55.1 Å². The average Bonchev–Trinajstić information content (AvgIpc) is 3.32. The molecule has 1 aliphatic carbocycles. The average molecular weight is 911 g/mol. The summed E-state index contributed by atoms with van der Waals surface area (Å²) in [6.45, 7) is 12.7. The molecule has 0 amide bonds. The van der Waals surface area contributed by atoms with Crippen LogP contribution in [0.4, 0.5) is 11.4 Å². The van der Waals surface area contributed by atoms with Crippen molar-refractivity contribution >= 4 is 56.9 Å². The number of ether oxygens (including phenoxy) is 4. The van der Waals surface area contributed by atoms with E-state index in [1.807, 2.05) is 56.3 Å². The molecule has 6 rings (SSSR count). The summed E-state index contributed by atoms with van der Waals surface area (Å²) < 4.78 is 22.9. The number of carbonyl (C=O) groups excluding carboxylic acids is 4. The molecule has 67 heavy (non-hydrogen) atoms. The van der Waals surface area contributed by atoms with Gasteiger partial charge >= 0.3 is 11.9 Å². The number of anilines is 2. The molecule has 0 atom stereocenters. The zero-order chi connectivity index (χ0) is 47.8. The Hall–Kier alpha value is -6.40. The van der Waals surface area contributed by atoms with Crippen LogP contribution in [0.2, 0.25) is 0 Å². The summed E-state index contributed by atoms with van der Waals surface area (Å²) in [4.78, 5) is 64.5. The molecule has 12 nitrogen and oxygen atoms in total. The van der Waals surface area contributed by atoms with Gasteiger partial charge in [0, 0.05) is 47.0 Å². The monoisotopic (exact) mass is 910 g/mol. The van der Waals surface area contributed by atoms with E-state index >= 15 is 0 Å². The third-order valence-corrected chi connectivity index (χ3v) is 12.2. The Balaban J connectivity index is 1.33. The third-order valence-electron chi connectivity index (χ3n) is 12.2. The van der Waals surface area contributed by atoms with Crippen molar-refractivity contribution in [3.8, 4) is 24.1 Å². The van der Waals surface area contributed by atoms with Crippen molar-refractivity contribution in [2.45, 2.75) is 149 Å². The van der Waals surface area contributed by atoms with E-state index in [0.717, 1.165) is 86.4 Å². The van der Waals surface area contributed by atoms with Crippen molar-refractivity contribution in [2.24, 2.45) is 9.98 Å². The second kappa shape index (κ2) is 23.9. The molecule has 2 aliphatic heterocycles. The van der Waals surface area contributed by atoms with Gasteiger partial charge in [0.25, 0.3) is 0 Å². The lowest BCUT2D eigenvalue weighted by Gasteiger charge is -2.35. The number of ketones is 2. The first-order chi connectivity index (χ1) is 32.5. The molecule has 0 aromatic heterocycles. The van der Waals surface area contributed by atoms with Gasteiger partial charge in [0.15, 0.2) is 11.6 Å². The highest BCUT2D eigenvalue weighted by molar-refractivity contribution is 6.59. The minimum absolute atomic E-state index is 0.114. The zero-order valence-corrected chi connectivity index (χ0v) is 40.2. The Bertz CT molecular complexity index is 2550. The normalized spacial score (nSPS) is 16.2. The Labute approximate surface area is 395 Å². The summed E-state index contributed by atoms with van der Waals surface area (Å²) in [5.41, 5.74) is 1.32. The van der Waals surface area contributed by atoms with Gasteiger partial charge in [-0.25, -0.2) is 9.98 Å². The fourth-order valence-electron chi connectivity index (χ4n) is 8.59. The fourth-order valence-corrected chi connectivity index (χ4v) is 8.59. The summed E-state index contributed by atoms with van der Waals surface area (Å²) in [6, 6.07) is 12.9. The number of fused-ring (bicyclic) bond motifs is 1. The first-order valence-corrected chi connectivity index (χ1v) is 24.3. The number of hydrogen-bond acceptors (Lipinski definition) is 12. The van der Waals surface area contributed by atoms with Crippen molar-refractivity contribution in [1.29, 1.82) is 0 Å². The molecule has 1 saturated carbocycles. The number of hydrogen-bond donors (Lipinski definition) is 2. The number of esters is 2. The quantitative estimate of drug-likeness (QED) is 0.0432. The molecule has 3 aromatic carbocycles. The highest BCUT2D eigenvalue weighted by atomic mass is 16.6. The summed E-state index contributed by atoms with van der Waals surface area (Å²) >= 11 is 0. The highest BCUT2D eigenvalue weighted by Crippen LogP contribution is 2.44. The number of benzene rings is 3. The van der Waals surface area contributed by atoms with Gasteiger partial charge in [-0.05, 0) is 85.5 Å². The number of unbranched alkanes of at least 4 members (excludes halogenated alkanes) is 8. The number of allylic oxidation sites excluding steroid dienone is 2. The van der Waals surface area contributed by atoms with Gasteiger partial charge in [0.1, 0.15) is 44.6 Å². The molecular formula is C55H66N4O8.